The summed E-state index contributed by atoms with van der Waals surface area (Å²) in [6.07, 6.45) is 1.60. The van der Waals surface area contributed by atoms with Crippen molar-refractivity contribution < 1.29 is 13.9 Å². The summed E-state index contributed by atoms with van der Waals surface area (Å²) >= 11 is 0. The molecule has 2 nitrogen and oxygen atoms in total. The first-order valence-corrected chi connectivity index (χ1v) is 10.6. The minimum atomic E-state index is -0.437. The van der Waals surface area contributed by atoms with Crippen molar-refractivity contribution in [3.05, 3.63) is 113 Å². The zero-order valence-electron chi connectivity index (χ0n) is 17.0. The lowest BCUT2D eigenvalue weighted by atomic mass is 9.90. The number of phenolic OH excluding ortho intramolecular Hbond substituents is 1. The van der Waals surface area contributed by atoms with Gasteiger partial charge >= 0.3 is 0 Å². The number of rotatable bonds is 4. The van der Waals surface area contributed by atoms with E-state index in [0.29, 0.717) is 5.56 Å². The van der Waals surface area contributed by atoms with Gasteiger partial charge in [0, 0.05) is 17.2 Å². The van der Waals surface area contributed by atoms with Crippen LogP contribution in [0.3, 0.4) is 0 Å². The Balaban J connectivity index is 1.72. The van der Waals surface area contributed by atoms with Crippen LogP contribution < -0.4 is 0 Å². The number of phenols is 1. The first kappa shape index (κ1) is 19.7. The topological polar surface area (TPSA) is 23.5 Å². The monoisotopic (exact) mass is 415 g/mol. The molecule has 1 fully saturated rings. The average molecular weight is 415 g/mol. The SMILES string of the molecule is Oc1ccc2ccccc2c1[C@H](c1ccccc1)N1CCC[C@@H]1c1cc(F)ccc1F. The van der Waals surface area contributed by atoms with Gasteiger partial charge in [-0.25, -0.2) is 8.78 Å². The Labute approximate surface area is 180 Å². The van der Waals surface area contributed by atoms with Crippen molar-refractivity contribution in [2.45, 2.75) is 24.9 Å². The molecule has 4 aromatic rings. The van der Waals surface area contributed by atoms with E-state index in [0.717, 1.165) is 47.4 Å². The molecule has 0 aromatic heterocycles. The lowest BCUT2D eigenvalue weighted by Gasteiger charge is -2.35. The van der Waals surface area contributed by atoms with Crippen LogP contribution in [0, 0.1) is 11.6 Å². The standard InChI is InChI=1S/C27H23F2NO/c28-20-13-14-23(29)22(17-20)24-11-6-16-30(24)27(19-8-2-1-3-9-19)26-21-10-5-4-7-18(21)12-15-25(26)31/h1-5,7-10,12-15,17,24,27,31H,6,11,16H2/t24-,27+/m1/s1. The van der Waals surface area contributed by atoms with Crippen LogP contribution in [0.1, 0.15) is 41.6 Å². The highest BCUT2D eigenvalue weighted by molar-refractivity contribution is 5.88. The van der Waals surface area contributed by atoms with Gasteiger partial charge < -0.3 is 5.11 Å². The lowest BCUT2D eigenvalue weighted by Crippen LogP contribution is -2.30. The quantitative estimate of drug-likeness (QED) is 0.398. The molecular weight excluding hydrogens is 392 g/mol. The van der Waals surface area contributed by atoms with Crippen LogP contribution in [-0.4, -0.2) is 16.6 Å². The number of hydrogen-bond acceptors (Lipinski definition) is 2. The first-order chi connectivity index (χ1) is 15.1. The third kappa shape index (κ3) is 3.57. The van der Waals surface area contributed by atoms with E-state index in [2.05, 4.69) is 4.90 Å². The summed E-state index contributed by atoms with van der Waals surface area (Å²) < 4.78 is 28.8. The zero-order valence-corrected chi connectivity index (χ0v) is 17.0. The predicted octanol–water partition coefficient (Wildman–Crippen LogP) is 6.75. The Morgan fingerprint density at radius 1 is 0.871 bits per heavy atom. The fraction of sp³-hybridized carbons (Fsp3) is 0.185. The molecule has 0 bridgehead atoms. The molecule has 31 heavy (non-hydrogen) atoms. The van der Waals surface area contributed by atoms with Gasteiger partial charge in [0.05, 0.1) is 6.04 Å². The Morgan fingerprint density at radius 2 is 1.65 bits per heavy atom. The van der Waals surface area contributed by atoms with Gasteiger partial charge in [0.15, 0.2) is 0 Å². The second-order valence-electron chi connectivity index (χ2n) is 8.09. The van der Waals surface area contributed by atoms with E-state index in [1.54, 1.807) is 6.07 Å². The van der Waals surface area contributed by atoms with E-state index < -0.39 is 11.6 Å². The van der Waals surface area contributed by atoms with Crippen LogP contribution in [0.15, 0.2) is 84.9 Å². The molecule has 0 radical (unpaired) electrons. The summed E-state index contributed by atoms with van der Waals surface area (Å²) in [5, 5.41) is 13.0. The van der Waals surface area contributed by atoms with Crippen molar-refractivity contribution in [3.63, 3.8) is 0 Å². The van der Waals surface area contributed by atoms with Crippen LogP contribution >= 0.6 is 0 Å². The average Bonchev–Trinajstić information content (AvgIpc) is 3.27. The highest BCUT2D eigenvalue weighted by Gasteiger charge is 2.36. The number of benzene rings is 4. The van der Waals surface area contributed by atoms with Crippen LogP contribution in [0.5, 0.6) is 5.75 Å². The predicted molar refractivity (Wildman–Crippen MR) is 119 cm³/mol. The van der Waals surface area contributed by atoms with Gasteiger partial charge in [-0.2, -0.15) is 0 Å². The van der Waals surface area contributed by atoms with Crippen molar-refractivity contribution in [1.29, 1.82) is 0 Å². The number of fused-ring (bicyclic) bond motifs is 1. The second-order valence-corrected chi connectivity index (χ2v) is 8.09. The van der Waals surface area contributed by atoms with Crippen LogP contribution in [0.25, 0.3) is 10.8 Å². The molecule has 1 saturated heterocycles. The summed E-state index contributed by atoms with van der Waals surface area (Å²) in [6, 6.07) is 24.7. The molecule has 1 heterocycles. The van der Waals surface area contributed by atoms with Crippen LogP contribution in [-0.2, 0) is 0 Å². The van der Waals surface area contributed by atoms with E-state index >= 15 is 0 Å². The number of aromatic hydroxyl groups is 1. The third-order valence-electron chi connectivity index (χ3n) is 6.28. The summed E-state index contributed by atoms with van der Waals surface area (Å²) in [5.74, 6) is -0.627. The number of halogens is 2. The third-order valence-corrected chi connectivity index (χ3v) is 6.28. The molecule has 5 rings (SSSR count). The maximum atomic E-state index is 14.8. The van der Waals surface area contributed by atoms with Crippen molar-refractivity contribution in [2.75, 3.05) is 6.54 Å². The van der Waals surface area contributed by atoms with Gasteiger partial charge in [0.25, 0.3) is 0 Å². The molecule has 4 aromatic carbocycles. The molecular formula is C27H23F2NO. The lowest BCUT2D eigenvalue weighted by molar-refractivity contribution is 0.202. The van der Waals surface area contributed by atoms with Crippen molar-refractivity contribution in [2.24, 2.45) is 0 Å². The van der Waals surface area contributed by atoms with Gasteiger partial charge in [-0.3, -0.25) is 4.90 Å². The summed E-state index contributed by atoms with van der Waals surface area (Å²) in [6.45, 7) is 0.725. The number of nitrogens with zero attached hydrogens (tertiary/aromatic N) is 1. The van der Waals surface area contributed by atoms with Crippen molar-refractivity contribution in [3.8, 4) is 5.75 Å². The van der Waals surface area contributed by atoms with E-state index in [4.69, 9.17) is 0 Å². The zero-order chi connectivity index (χ0) is 21.4. The molecule has 1 aliphatic rings. The molecule has 2 atom stereocenters. The molecule has 0 aliphatic carbocycles. The minimum absolute atomic E-state index is 0.206. The fourth-order valence-electron chi connectivity index (χ4n) is 4.93. The van der Waals surface area contributed by atoms with Gasteiger partial charge in [-0.05, 0) is 60.0 Å². The molecule has 0 spiro atoms. The van der Waals surface area contributed by atoms with Gasteiger partial charge in [-0.15, -0.1) is 0 Å². The van der Waals surface area contributed by atoms with Crippen LogP contribution in [0.4, 0.5) is 8.78 Å². The number of hydrogen-bond donors (Lipinski definition) is 1. The van der Waals surface area contributed by atoms with E-state index in [9.17, 15) is 13.9 Å². The Morgan fingerprint density at radius 3 is 2.48 bits per heavy atom. The highest BCUT2D eigenvalue weighted by Crippen LogP contribution is 2.46. The summed E-state index contributed by atoms with van der Waals surface area (Å²) in [4.78, 5) is 2.20. The van der Waals surface area contributed by atoms with Gasteiger partial charge in [0.1, 0.15) is 17.4 Å². The van der Waals surface area contributed by atoms with E-state index in [-0.39, 0.29) is 17.8 Å². The molecule has 0 saturated carbocycles. The molecule has 1 aliphatic heterocycles. The van der Waals surface area contributed by atoms with Crippen molar-refractivity contribution >= 4 is 10.8 Å². The van der Waals surface area contributed by atoms with Gasteiger partial charge in [-0.1, -0.05) is 60.7 Å². The first-order valence-electron chi connectivity index (χ1n) is 10.6. The Bertz CT molecular complexity index is 1220. The molecule has 4 heteroatoms. The van der Waals surface area contributed by atoms with Gasteiger partial charge in [0.2, 0.25) is 0 Å². The Kier molecular flexibility index (Phi) is 5.16. The molecule has 0 unspecified atom stereocenters. The second kappa shape index (κ2) is 8.12. The summed E-state index contributed by atoms with van der Waals surface area (Å²) in [5.41, 5.74) is 2.18. The van der Waals surface area contributed by atoms with E-state index in [1.807, 2.05) is 60.7 Å². The smallest absolute Gasteiger partial charge is 0.128 e. The molecule has 1 N–H and O–H groups in total. The normalized spacial score (nSPS) is 17.8. The Hall–Kier alpha value is -3.24. The fourth-order valence-corrected chi connectivity index (χ4v) is 4.93. The highest BCUT2D eigenvalue weighted by atomic mass is 19.1. The summed E-state index contributed by atoms with van der Waals surface area (Å²) in [7, 11) is 0. The molecule has 156 valence electrons. The van der Waals surface area contributed by atoms with E-state index in [1.165, 1.54) is 12.1 Å². The van der Waals surface area contributed by atoms with Crippen molar-refractivity contribution in [1.82, 2.24) is 4.90 Å². The number of likely N-dealkylation sites (tertiary alicyclic amines) is 1. The maximum absolute atomic E-state index is 14.8. The largest absolute Gasteiger partial charge is 0.508 e. The maximum Gasteiger partial charge on any atom is 0.128 e. The molecule has 0 amide bonds. The minimum Gasteiger partial charge on any atom is -0.508 e. The van der Waals surface area contributed by atoms with Crippen LogP contribution in [0.2, 0.25) is 0 Å².